The lowest BCUT2D eigenvalue weighted by Gasteiger charge is -2.21. The molecule has 1 heterocycles. The number of benzene rings is 3. The van der Waals surface area contributed by atoms with Gasteiger partial charge < -0.3 is 9.73 Å². The number of amides is 2. The number of carbonyl (C=O) groups is 2. The predicted molar refractivity (Wildman–Crippen MR) is 154 cm³/mol. The molecule has 0 fully saturated rings. The van der Waals surface area contributed by atoms with Gasteiger partial charge in [0.15, 0.2) is 0 Å². The van der Waals surface area contributed by atoms with Gasteiger partial charge in [-0.05, 0) is 66.6 Å². The predicted octanol–water partition coefficient (Wildman–Crippen LogP) is 5.37. The van der Waals surface area contributed by atoms with Gasteiger partial charge in [-0.1, -0.05) is 59.6 Å². The van der Waals surface area contributed by atoms with Crippen LogP contribution in [0.3, 0.4) is 0 Å². The van der Waals surface area contributed by atoms with Crippen LogP contribution in [0.1, 0.15) is 22.6 Å². The lowest BCUT2D eigenvalue weighted by Crippen LogP contribution is -2.32. The van der Waals surface area contributed by atoms with Crippen molar-refractivity contribution in [3.05, 3.63) is 118 Å². The molecule has 1 aromatic heterocycles. The number of carbonyl (C=O) groups excluding carboxylic acids is 2. The molecule has 0 aliphatic heterocycles. The highest BCUT2D eigenvalue weighted by atomic mass is 35.5. The van der Waals surface area contributed by atoms with Gasteiger partial charge in [-0.2, -0.15) is 9.41 Å². The Balaban J connectivity index is 1.43. The molecule has 0 spiro atoms. The number of nitrogens with one attached hydrogen (secondary N) is 2. The average molecular weight is 599 g/mol. The first-order valence-corrected chi connectivity index (χ1v) is 14.1. The Morgan fingerprint density at radius 2 is 1.60 bits per heavy atom. The SMILES string of the molecule is Cc1ccc(Cl)cc1NC(=O)C(=O)N/N=C/c1ccc(CN(Cc2ccccc2)S(=O)(=O)c2ccc(Cl)cc2)o1. The zero-order chi connectivity index (χ0) is 28.7. The minimum atomic E-state index is -3.90. The first-order chi connectivity index (χ1) is 19.1. The van der Waals surface area contributed by atoms with Crippen molar-refractivity contribution >= 4 is 56.9 Å². The van der Waals surface area contributed by atoms with Gasteiger partial charge in [-0.25, -0.2) is 13.8 Å². The van der Waals surface area contributed by atoms with Crippen molar-refractivity contribution in [2.45, 2.75) is 24.9 Å². The highest BCUT2D eigenvalue weighted by Crippen LogP contribution is 2.23. The minimum absolute atomic E-state index is 0.0680. The fraction of sp³-hybridized carbons (Fsp3) is 0.107. The second-order valence-corrected chi connectivity index (χ2v) is 11.4. The lowest BCUT2D eigenvalue weighted by molar-refractivity contribution is -0.136. The van der Waals surface area contributed by atoms with Crippen LogP contribution in [-0.4, -0.2) is 30.8 Å². The minimum Gasteiger partial charge on any atom is -0.459 e. The number of hydrazone groups is 1. The van der Waals surface area contributed by atoms with Gasteiger partial charge in [-0.3, -0.25) is 9.59 Å². The summed E-state index contributed by atoms with van der Waals surface area (Å²) in [4.78, 5) is 24.4. The Morgan fingerprint density at radius 3 is 2.33 bits per heavy atom. The van der Waals surface area contributed by atoms with E-state index < -0.39 is 21.8 Å². The number of furan rings is 1. The number of anilines is 1. The van der Waals surface area contributed by atoms with Crippen molar-refractivity contribution in [3.8, 4) is 0 Å². The fourth-order valence-corrected chi connectivity index (χ4v) is 5.30. The molecule has 0 saturated carbocycles. The Kier molecular flexibility index (Phi) is 9.38. The molecular weight excluding hydrogens is 575 g/mol. The molecule has 40 heavy (non-hydrogen) atoms. The number of hydrogen-bond acceptors (Lipinski definition) is 6. The molecule has 0 unspecified atom stereocenters. The summed E-state index contributed by atoms with van der Waals surface area (Å²) in [5.74, 6) is -1.34. The maximum absolute atomic E-state index is 13.5. The van der Waals surface area contributed by atoms with E-state index in [1.807, 2.05) is 30.3 Å². The number of aryl methyl sites for hydroxylation is 1. The van der Waals surface area contributed by atoms with E-state index >= 15 is 0 Å². The molecule has 0 aliphatic rings. The first-order valence-electron chi connectivity index (χ1n) is 11.9. The van der Waals surface area contributed by atoms with Crippen LogP contribution in [0.15, 0.2) is 99.3 Å². The molecule has 4 aromatic rings. The van der Waals surface area contributed by atoms with Crippen LogP contribution in [-0.2, 0) is 32.7 Å². The van der Waals surface area contributed by atoms with Crippen LogP contribution in [0.4, 0.5) is 5.69 Å². The lowest BCUT2D eigenvalue weighted by atomic mass is 10.2. The number of hydrogen-bond donors (Lipinski definition) is 2. The maximum Gasteiger partial charge on any atom is 0.329 e. The Hall–Kier alpha value is -3.96. The smallest absolute Gasteiger partial charge is 0.329 e. The van der Waals surface area contributed by atoms with Crippen LogP contribution >= 0.6 is 23.2 Å². The molecule has 12 heteroatoms. The molecule has 4 rings (SSSR count). The number of nitrogens with zero attached hydrogens (tertiary/aromatic N) is 2. The van der Waals surface area contributed by atoms with Crippen molar-refractivity contribution in [1.29, 1.82) is 0 Å². The molecule has 0 saturated heterocycles. The van der Waals surface area contributed by atoms with Gasteiger partial charge in [-0.15, -0.1) is 0 Å². The summed E-state index contributed by atoms with van der Waals surface area (Å²) in [5.41, 5.74) is 4.06. The summed E-state index contributed by atoms with van der Waals surface area (Å²) in [5, 5.41) is 7.07. The molecule has 0 aliphatic carbocycles. The highest BCUT2D eigenvalue weighted by molar-refractivity contribution is 7.89. The van der Waals surface area contributed by atoms with Crippen molar-refractivity contribution < 1.29 is 22.4 Å². The molecule has 3 aromatic carbocycles. The normalized spacial score (nSPS) is 11.6. The number of halogens is 2. The first kappa shape index (κ1) is 29.0. The molecule has 206 valence electrons. The third-order valence-electron chi connectivity index (χ3n) is 5.68. The van der Waals surface area contributed by atoms with Gasteiger partial charge in [0.2, 0.25) is 10.0 Å². The number of sulfonamides is 1. The summed E-state index contributed by atoms with van der Waals surface area (Å²) in [6.45, 7) is 1.80. The van der Waals surface area contributed by atoms with E-state index in [-0.39, 0.29) is 23.7 Å². The van der Waals surface area contributed by atoms with E-state index in [0.29, 0.717) is 21.5 Å². The van der Waals surface area contributed by atoms with Gasteiger partial charge in [0.05, 0.1) is 17.7 Å². The largest absolute Gasteiger partial charge is 0.459 e. The van der Waals surface area contributed by atoms with E-state index in [1.54, 1.807) is 31.2 Å². The van der Waals surface area contributed by atoms with E-state index in [1.165, 1.54) is 40.9 Å². The Labute approximate surface area is 241 Å². The molecule has 0 bridgehead atoms. The van der Waals surface area contributed by atoms with Crippen molar-refractivity contribution in [3.63, 3.8) is 0 Å². The van der Waals surface area contributed by atoms with E-state index in [2.05, 4.69) is 15.8 Å². The summed E-state index contributed by atoms with van der Waals surface area (Å²) in [6, 6.07) is 23.2. The third-order valence-corrected chi connectivity index (χ3v) is 7.97. The standard InChI is InChI=1S/C28H24Cl2N4O5S/c1-19-7-8-22(30)15-26(19)32-27(35)28(36)33-31-16-23-11-12-24(39-23)18-34(17-20-5-3-2-4-6-20)40(37,38)25-13-9-21(29)10-14-25/h2-16H,17-18H2,1H3,(H,32,35)(H,33,36)/b31-16+. The van der Waals surface area contributed by atoms with Crippen LogP contribution in [0.5, 0.6) is 0 Å². The molecule has 0 atom stereocenters. The van der Waals surface area contributed by atoms with Crippen LogP contribution in [0.25, 0.3) is 0 Å². The van der Waals surface area contributed by atoms with E-state index in [4.69, 9.17) is 27.6 Å². The highest BCUT2D eigenvalue weighted by Gasteiger charge is 2.26. The topological polar surface area (TPSA) is 121 Å². The third kappa shape index (κ3) is 7.57. The Bertz CT molecular complexity index is 1640. The molecule has 0 radical (unpaired) electrons. The Morgan fingerprint density at radius 1 is 0.900 bits per heavy atom. The van der Waals surface area contributed by atoms with Gasteiger partial charge in [0.25, 0.3) is 0 Å². The van der Waals surface area contributed by atoms with E-state index in [9.17, 15) is 18.0 Å². The molecular formula is C28H24Cl2N4O5S. The monoisotopic (exact) mass is 598 g/mol. The summed E-state index contributed by atoms with van der Waals surface area (Å²) in [6.07, 6.45) is 1.20. The van der Waals surface area contributed by atoms with Gasteiger partial charge in [0.1, 0.15) is 11.5 Å². The van der Waals surface area contributed by atoms with E-state index in [0.717, 1.165) is 11.1 Å². The van der Waals surface area contributed by atoms with Crippen molar-refractivity contribution in [2.24, 2.45) is 5.10 Å². The van der Waals surface area contributed by atoms with Crippen molar-refractivity contribution in [1.82, 2.24) is 9.73 Å². The zero-order valence-electron chi connectivity index (χ0n) is 21.2. The second-order valence-electron chi connectivity index (χ2n) is 8.63. The summed E-state index contributed by atoms with van der Waals surface area (Å²) >= 11 is 11.9. The zero-order valence-corrected chi connectivity index (χ0v) is 23.5. The van der Waals surface area contributed by atoms with Crippen molar-refractivity contribution in [2.75, 3.05) is 5.32 Å². The summed E-state index contributed by atoms with van der Waals surface area (Å²) in [7, 11) is -3.90. The number of rotatable bonds is 9. The maximum atomic E-state index is 13.5. The molecule has 9 nitrogen and oxygen atoms in total. The van der Waals surface area contributed by atoms with Crippen LogP contribution in [0.2, 0.25) is 10.0 Å². The van der Waals surface area contributed by atoms with Gasteiger partial charge in [0, 0.05) is 22.3 Å². The molecule has 2 N–H and O–H groups in total. The summed E-state index contributed by atoms with van der Waals surface area (Å²) < 4.78 is 33.9. The fourth-order valence-electron chi connectivity index (χ4n) is 3.60. The average Bonchev–Trinajstić information content (AvgIpc) is 3.38. The van der Waals surface area contributed by atoms with Crippen LogP contribution in [0, 0.1) is 6.92 Å². The second kappa shape index (κ2) is 12.9. The quantitative estimate of drug-likeness (QED) is 0.152. The molecule has 2 amide bonds. The van der Waals surface area contributed by atoms with Crippen LogP contribution < -0.4 is 10.7 Å². The van der Waals surface area contributed by atoms with Gasteiger partial charge >= 0.3 is 11.8 Å².